The van der Waals surface area contributed by atoms with Gasteiger partial charge in [0.15, 0.2) is 0 Å². The normalized spacial score (nSPS) is 20.6. The fourth-order valence-corrected chi connectivity index (χ4v) is 6.09. The molecule has 2 aliphatic heterocycles. The number of nitrogens with two attached hydrogens (primary N) is 1. The van der Waals surface area contributed by atoms with E-state index in [4.69, 9.17) is 5.73 Å². The number of hydrogen-bond acceptors (Lipinski definition) is 5. The number of piperidine rings is 1. The summed E-state index contributed by atoms with van der Waals surface area (Å²) in [6, 6.07) is 17.1. The summed E-state index contributed by atoms with van der Waals surface area (Å²) in [5.41, 5.74) is 10.3. The molecule has 9 nitrogen and oxygen atoms in total. The van der Waals surface area contributed by atoms with Gasteiger partial charge in [0.2, 0.25) is 17.7 Å². The van der Waals surface area contributed by atoms with E-state index in [9.17, 15) is 14.4 Å². The number of para-hydroxylation sites is 1. The molecule has 0 spiro atoms. The number of hydrazine groups is 1. The Bertz CT molecular complexity index is 1370. The second-order valence-electron chi connectivity index (χ2n) is 12.3. The number of amides is 3. The van der Waals surface area contributed by atoms with Crippen LogP contribution in [0.4, 0.5) is 0 Å². The number of fused-ring (bicyclic) bond motifs is 1. The van der Waals surface area contributed by atoms with Crippen LogP contribution in [0.1, 0.15) is 50.7 Å². The maximum absolute atomic E-state index is 14.2. The molecular weight excluding hydrogens is 516 g/mol. The van der Waals surface area contributed by atoms with Crippen molar-refractivity contribution < 1.29 is 14.4 Å². The van der Waals surface area contributed by atoms with E-state index in [2.05, 4.69) is 15.7 Å². The van der Waals surface area contributed by atoms with Gasteiger partial charge in [-0.25, -0.2) is 5.01 Å². The summed E-state index contributed by atoms with van der Waals surface area (Å²) in [5, 5.41) is 5.95. The third-order valence-corrected chi connectivity index (χ3v) is 8.41. The lowest BCUT2D eigenvalue weighted by Gasteiger charge is -2.43. The number of H-pyrrole nitrogens is 1. The standard InChI is InChI=1S/C32H42N6O3/c1-31(2,33)29(40)35-27(19-24-21-34-26-14-7-6-13-25(24)26)28(39)37-16-10-15-32(22-37,20-23-11-4-3-5-12-23)30(41)36-38-17-8-9-18-38/h3-7,11-14,21,27,34H,8-10,15-20,22,33H2,1-2H3,(H,35,40)(H,36,41). The van der Waals surface area contributed by atoms with Crippen molar-refractivity contribution in [1.82, 2.24) is 25.6 Å². The maximum Gasteiger partial charge on any atom is 0.245 e. The van der Waals surface area contributed by atoms with E-state index in [0.717, 1.165) is 48.0 Å². The lowest BCUT2D eigenvalue weighted by Crippen LogP contribution is -2.61. The van der Waals surface area contributed by atoms with Crippen LogP contribution < -0.4 is 16.5 Å². The molecule has 5 rings (SSSR count). The fourth-order valence-electron chi connectivity index (χ4n) is 6.09. The molecule has 218 valence electrons. The molecule has 9 heteroatoms. The van der Waals surface area contributed by atoms with Gasteiger partial charge in [0, 0.05) is 49.7 Å². The molecule has 1 aromatic heterocycles. The minimum atomic E-state index is -1.15. The number of hydrogen-bond donors (Lipinski definition) is 4. The van der Waals surface area contributed by atoms with Gasteiger partial charge in [-0.1, -0.05) is 48.5 Å². The van der Waals surface area contributed by atoms with Crippen molar-refractivity contribution in [2.75, 3.05) is 26.2 Å². The molecule has 0 aliphatic carbocycles. The zero-order valence-electron chi connectivity index (χ0n) is 24.1. The largest absolute Gasteiger partial charge is 0.361 e. The summed E-state index contributed by atoms with van der Waals surface area (Å²) < 4.78 is 0. The summed E-state index contributed by atoms with van der Waals surface area (Å²) in [4.78, 5) is 46.3. The van der Waals surface area contributed by atoms with E-state index < -0.39 is 22.9 Å². The molecule has 3 amide bonds. The first kappa shape index (κ1) is 28.8. The minimum absolute atomic E-state index is 0.0407. The molecule has 3 heterocycles. The number of benzene rings is 2. The molecule has 3 aromatic rings. The van der Waals surface area contributed by atoms with Crippen molar-refractivity contribution in [2.45, 2.75) is 64.0 Å². The number of nitrogens with one attached hydrogen (secondary N) is 3. The van der Waals surface area contributed by atoms with Crippen LogP contribution in [-0.4, -0.2) is 70.4 Å². The smallest absolute Gasteiger partial charge is 0.245 e. The van der Waals surface area contributed by atoms with Crippen LogP contribution in [0.2, 0.25) is 0 Å². The van der Waals surface area contributed by atoms with E-state index in [1.54, 1.807) is 18.7 Å². The van der Waals surface area contributed by atoms with Gasteiger partial charge in [-0.05, 0) is 63.1 Å². The first-order chi connectivity index (χ1) is 19.6. The van der Waals surface area contributed by atoms with Crippen molar-refractivity contribution in [3.8, 4) is 0 Å². The van der Waals surface area contributed by atoms with Gasteiger partial charge in [0.1, 0.15) is 6.04 Å². The maximum atomic E-state index is 14.2. The topological polar surface area (TPSA) is 124 Å². The van der Waals surface area contributed by atoms with Crippen LogP contribution in [0.5, 0.6) is 0 Å². The third-order valence-electron chi connectivity index (χ3n) is 8.41. The van der Waals surface area contributed by atoms with Crippen molar-refractivity contribution in [3.05, 3.63) is 71.9 Å². The molecule has 41 heavy (non-hydrogen) atoms. The highest BCUT2D eigenvalue weighted by molar-refractivity contribution is 5.93. The molecule has 2 aliphatic rings. The quantitative estimate of drug-likeness (QED) is 0.322. The Hall–Kier alpha value is -3.69. The summed E-state index contributed by atoms with van der Waals surface area (Å²) in [5.74, 6) is -0.630. The van der Waals surface area contributed by atoms with Gasteiger partial charge in [0.25, 0.3) is 0 Å². The van der Waals surface area contributed by atoms with Crippen molar-refractivity contribution >= 4 is 28.6 Å². The van der Waals surface area contributed by atoms with Crippen LogP contribution in [-0.2, 0) is 27.2 Å². The Morgan fingerprint density at radius 2 is 1.71 bits per heavy atom. The second kappa shape index (κ2) is 12.0. The van der Waals surface area contributed by atoms with Crippen LogP contribution in [0.25, 0.3) is 10.9 Å². The van der Waals surface area contributed by atoms with E-state index in [-0.39, 0.29) is 18.4 Å². The molecular formula is C32H42N6O3. The van der Waals surface area contributed by atoms with Crippen LogP contribution in [0.15, 0.2) is 60.8 Å². The number of aromatic nitrogens is 1. The lowest BCUT2D eigenvalue weighted by atomic mass is 9.74. The zero-order valence-corrected chi connectivity index (χ0v) is 24.1. The van der Waals surface area contributed by atoms with Crippen molar-refractivity contribution in [1.29, 1.82) is 0 Å². The predicted octanol–water partition coefficient (Wildman–Crippen LogP) is 2.91. The number of nitrogens with zero attached hydrogens (tertiary/aromatic N) is 2. The number of rotatable bonds is 9. The van der Waals surface area contributed by atoms with Gasteiger partial charge in [-0.15, -0.1) is 0 Å². The van der Waals surface area contributed by atoms with Gasteiger partial charge in [-0.3, -0.25) is 19.8 Å². The average Bonchev–Trinajstić information content (AvgIpc) is 3.62. The van der Waals surface area contributed by atoms with Crippen molar-refractivity contribution in [3.63, 3.8) is 0 Å². The predicted molar refractivity (Wildman–Crippen MR) is 160 cm³/mol. The van der Waals surface area contributed by atoms with E-state index in [1.165, 1.54) is 0 Å². The average molecular weight is 559 g/mol. The SMILES string of the molecule is CC(C)(N)C(=O)NC(Cc1c[nH]c2ccccc12)C(=O)N1CCCC(Cc2ccccc2)(C(=O)NN2CCCC2)C1. The second-order valence-corrected chi connectivity index (χ2v) is 12.3. The Balaban J connectivity index is 1.42. The summed E-state index contributed by atoms with van der Waals surface area (Å²) in [6.07, 6.45) is 6.23. The van der Waals surface area contributed by atoms with Crippen LogP contribution >= 0.6 is 0 Å². The molecule has 0 bridgehead atoms. The number of aromatic amines is 1. The monoisotopic (exact) mass is 558 g/mol. The Morgan fingerprint density at radius 3 is 2.44 bits per heavy atom. The summed E-state index contributed by atoms with van der Waals surface area (Å²) >= 11 is 0. The molecule has 0 saturated carbocycles. The number of carbonyl (C=O) groups is 3. The minimum Gasteiger partial charge on any atom is -0.361 e. The Morgan fingerprint density at radius 1 is 1.00 bits per heavy atom. The van der Waals surface area contributed by atoms with Gasteiger partial charge in [-0.2, -0.15) is 0 Å². The Kier molecular flexibility index (Phi) is 8.47. The third kappa shape index (κ3) is 6.63. The summed E-state index contributed by atoms with van der Waals surface area (Å²) in [7, 11) is 0. The first-order valence-electron chi connectivity index (χ1n) is 14.7. The molecule has 5 N–H and O–H groups in total. The molecule has 2 aromatic carbocycles. The van der Waals surface area contributed by atoms with E-state index in [1.807, 2.05) is 65.8 Å². The number of likely N-dealkylation sites (tertiary alicyclic amines) is 1. The Labute approximate surface area is 241 Å². The first-order valence-corrected chi connectivity index (χ1v) is 14.7. The highest BCUT2D eigenvalue weighted by atomic mass is 16.2. The van der Waals surface area contributed by atoms with E-state index in [0.29, 0.717) is 32.2 Å². The zero-order chi connectivity index (χ0) is 29.0. The highest BCUT2D eigenvalue weighted by Gasteiger charge is 2.45. The van der Waals surface area contributed by atoms with Crippen LogP contribution in [0, 0.1) is 5.41 Å². The molecule has 0 radical (unpaired) electrons. The molecule has 2 atom stereocenters. The molecule has 2 unspecified atom stereocenters. The summed E-state index contributed by atoms with van der Waals surface area (Å²) in [6.45, 7) is 5.74. The van der Waals surface area contributed by atoms with Gasteiger partial charge in [0.05, 0.1) is 11.0 Å². The van der Waals surface area contributed by atoms with Gasteiger partial charge < -0.3 is 20.9 Å². The number of carbonyl (C=O) groups excluding carboxylic acids is 3. The van der Waals surface area contributed by atoms with E-state index >= 15 is 0 Å². The van der Waals surface area contributed by atoms with Gasteiger partial charge >= 0.3 is 0 Å². The van der Waals surface area contributed by atoms with Crippen LogP contribution in [0.3, 0.4) is 0 Å². The van der Waals surface area contributed by atoms with Crippen molar-refractivity contribution in [2.24, 2.45) is 11.1 Å². The lowest BCUT2D eigenvalue weighted by molar-refractivity contribution is -0.146. The molecule has 2 saturated heterocycles. The fraction of sp³-hybridized carbons (Fsp3) is 0.469. The molecule has 2 fully saturated rings. The highest BCUT2D eigenvalue weighted by Crippen LogP contribution is 2.35.